The van der Waals surface area contributed by atoms with Gasteiger partial charge in [0.2, 0.25) is 5.91 Å². The summed E-state index contributed by atoms with van der Waals surface area (Å²) in [5.74, 6) is 0.897. The summed E-state index contributed by atoms with van der Waals surface area (Å²) in [7, 11) is 0. The Morgan fingerprint density at radius 2 is 2.11 bits per heavy atom. The number of ether oxygens (including phenoxy) is 2. The van der Waals surface area contributed by atoms with Crippen LogP contribution in [-0.2, 0) is 16.0 Å². The molecule has 0 bridgehead atoms. The Bertz CT molecular complexity index is 486. The van der Waals surface area contributed by atoms with Crippen molar-refractivity contribution in [1.29, 1.82) is 0 Å². The largest absolute Gasteiger partial charge is 0.492 e. The number of carbonyl (C=O) groups is 1. The van der Waals surface area contributed by atoms with Crippen molar-refractivity contribution in [2.45, 2.75) is 6.42 Å². The van der Waals surface area contributed by atoms with Crippen molar-refractivity contribution in [3.8, 4) is 5.75 Å². The van der Waals surface area contributed by atoms with E-state index in [0.717, 1.165) is 11.3 Å². The lowest BCUT2D eigenvalue weighted by molar-refractivity contribution is -0.141. The van der Waals surface area contributed by atoms with Gasteiger partial charge in [-0.25, -0.2) is 0 Å². The molecule has 2 aliphatic heterocycles. The Morgan fingerprint density at radius 3 is 2.89 bits per heavy atom. The van der Waals surface area contributed by atoms with Crippen LogP contribution in [0, 0.1) is 5.92 Å². The first-order valence-electron chi connectivity index (χ1n) is 6.52. The first kappa shape index (κ1) is 12.8. The zero-order valence-corrected chi connectivity index (χ0v) is 11.4. The highest BCUT2D eigenvalue weighted by atomic mass is 35.5. The van der Waals surface area contributed by atoms with Crippen LogP contribution in [0.4, 0.5) is 0 Å². The van der Waals surface area contributed by atoms with Crippen molar-refractivity contribution in [3.63, 3.8) is 0 Å². The molecule has 4 nitrogen and oxygen atoms in total. The Hall–Kier alpha value is -1.26. The fourth-order valence-corrected chi connectivity index (χ4v) is 2.76. The van der Waals surface area contributed by atoms with E-state index in [1.807, 2.05) is 23.1 Å². The Balaban J connectivity index is 1.72. The lowest BCUT2D eigenvalue weighted by Gasteiger charge is -2.32. The van der Waals surface area contributed by atoms with Gasteiger partial charge in [0.25, 0.3) is 0 Å². The lowest BCUT2D eigenvalue weighted by Crippen LogP contribution is -2.46. The van der Waals surface area contributed by atoms with Crippen LogP contribution in [0.1, 0.15) is 5.56 Å². The summed E-state index contributed by atoms with van der Waals surface area (Å²) in [6.07, 6.45) is 0.700. The number of halogens is 1. The van der Waals surface area contributed by atoms with Gasteiger partial charge in [-0.3, -0.25) is 4.79 Å². The first-order valence-corrected chi connectivity index (χ1v) is 6.89. The van der Waals surface area contributed by atoms with Crippen LogP contribution in [0.25, 0.3) is 0 Å². The van der Waals surface area contributed by atoms with Gasteiger partial charge in [0.1, 0.15) is 12.4 Å². The fourth-order valence-electron chi connectivity index (χ4n) is 2.56. The monoisotopic (exact) mass is 281 g/mol. The molecule has 0 radical (unpaired) electrons. The molecular weight excluding hydrogens is 266 g/mol. The van der Waals surface area contributed by atoms with Crippen LogP contribution in [-0.4, -0.2) is 43.7 Å². The highest BCUT2D eigenvalue weighted by Crippen LogP contribution is 2.30. The van der Waals surface area contributed by atoms with Gasteiger partial charge < -0.3 is 14.4 Å². The standard InChI is InChI=1S/C14H16ClNO3/c15-12-1-2-13-10(8-12)7-11(9-19-13)14(17)16-3-5-18-6-4-16/h1-2,8,11H,3-7,9H2/t11-/m0/s1. The van der Waals surface area contributed by atoms with E-state index in [4.69, 9.17) is 21.1 Å². The number of benzene rings is 1. The number of hydrogen-bond donors (Lipinski definition) is 0. The molecule has 0 saturated carbocycles. The molecule has 3 rings (SSSR count). The summed E-state index contributed by atoms with van der Waals surface area (Å²) < 4.78 is 10.9. The van der Waals surface area contributed by atoms with Crippen molar-refractivity contribution in [3.05, 3.63) is 28.8 Å². The minimum Gasteiger partial charge on any atom is -0.492 e. The summed E-state index contributed by atoms with van der Waals surface area (Å²) >= 11 is 5.99. The maximum atomic E-state index is 12.4. The van der Waals surface area contributed by atoms with Gasteiger partial charge in [0.05, 0.1) is 19.1 Å². The van der Waals surface area contributed by atoms with Crippen LogP contribution in [0.15, 0.2) is 18.2 Å². The Labute approximate surface area is 117 Å². The molecule has 2 aliphatic rings. The highest BCUT2D eigenvalue weighted by molar-refractivity contribution is 6.30. The summed E-state index contributed by atoms with van der Waals surface area (Å²) in [6.45, 7) is 3.06. The molecule has 102 valence electrons. The van der Waals surface area contributed by atoms with Crippen molar-refractivity contribution >= 4 is 17.5 Å². The molecule has 0 aliphatic carbocycles. The average molecular weight is 282 g/mol. The van der Waals surface area contributed by atoms with Crippen molar-refractivity contribution in [2.24, 2.45) is 5.92 Å². The third kappa shape index (κ3) is 2.69. The molecule has 0 N–H and O–H groups in total. The molecule has 19 heavy (non-hydrogen) atoms. The van der Waals surface area contributed by atoms with Crippen LogP contribution in [0.3, 0.4) is 0 Å². The number of hydrogen-bond acceptors (Lipinski definition) is 3. The summed E-state index contributed by atoms with van der Waals surface area (Å²) in [5, 5.41) is 0.682. The zero-order valence-electron chi connectivity index (χ0n) is 10.6. The molecule has 5 heteroatoms. The molecule has 1 saturated heterocycles. The average Bonchev–Trinajstić information content (AvgIpc) is 2.46. The molecule has 0 aromatic heterocycles. The second-order valence-corrected chi connectivity index (χ2v) is 5.34. The van der Waals surface area contributed by atoms with Gasteiger partial charge in [-0.05, 0) is 30.2 Å². The molecule has 0 spiro atoms. The van der Waals surface area contributed by atoms with E-state index in [1.165, 1.54) is 0 Å². The molecule has 1 fully saturated rings. The highest BCUT2D eigenvalue weighted by Gasteiger charge is 2.30. The Kier molecular flexibility index (Phi) is 3.62. The van der Waals surface area contributed by atoms with E-state index >= 15 is 0 Å². The maximum Gasteiger partial charge on any atom is 0.229 e. The fraction of sp³-hybridized carbons (Fsp3) is 0.500. The van der Waals surface area contributed by atoms with Gasteiger partial charge in [0.15, 0.2) is 0 Å². The number of morpholine rings is 1. The maximum absolute atomic E-state index is 12.4. The van der Waals surface area contributed by atoms with Gasteiger partial charge in [-0.2, -0.15) is 0 Å². The van der Waals surface area contributed by atoms with E-state index in [-0.39, 0.29) is 11.8 Å². The van der Waals surface area contributed by atoms with E-state index in [1.54, 1.807) is 0 Å². The predicted octanol–water partition coefficient (Wildman–Crippen LogP) is 1.75. The topological polar surface area (TPSA) is 38.8 Å². The van der Waals surface area contributed by atoms with Gasteiger partial charge >= 0.3 is 0 Å². The molecule has 1 aromatic rings. The van der Waals surface area contributed by atoms with Crippen LogP contribution < -0.4 is 4.74 Å². The molecule has 0 unspecified atom stereocenters. The molecule has 2 heterocycles. The number of amides is 1. The molecule has 1 amide bonds. The lowest BCUT2D eigenvalue weighted by atomic mass is 9.95. The SMILES string of the molecule is O=C([C@@H]1COc2ccc(Cl)cc2C1)N1CCOCC1. The number of rotatable bonds is 1. The predicted molar refractivity (Wildman–Crippen MR) is 71.5 cm³/mol. The summed E-state index contributed by atoms with van der Waals surface area (Å²) in [5.41, 5.74) is 1.02. The van der Waals surface area contributed by atoms with Crippen molar-refractivity contribution < 1.29 is 14.3 Å². The normalized spacial score (nSPS) is 22.6. The number of carbonyl (C=O) groups excluding carboxylic acids is 1. The number of fused-ring (bicyclic) bond motifs is 1. The van der Waals surface area contributed by atoms with E-state index in [9.17, 15) is 4.79 Å². The van der Waals surface area contributed by atoms with Crippen LogP contribution >= 0.6 is 11.6 Å². The third-order valence-electron chi connectivity index (χ3n) is 3.60. The smallest absolute Gasteiger partial charge is 0.229 e. The van der Waals surface area contributed by atoms with E-state index in [0.29, 0.717) is 44.4 Å². The summed E-state index contributed by atoms with van der Waals surface area (Å²) in [6, 6.07) is 5.56. The van der Waals surface area contributed by atoms with Crippen molar-refractivity contribution in [2.75, 3.05) is 32.9 Å². The minimum absolute atomic E-state index is 0.107. The number of nitrogens with zero attached hydrogens (tertiary/aromatic N) is 1. The second-order valence-electron chi connectivity index (χ2n) is 4.90. The molecular formula is C14H16ClNO3. The van der Waals surface area contributed by atoms with Gasteiger partial charge in [0, 0.05) is 18.1 Å². The zero-order chi connectivity index (χ0) is 13.2. The minimum atomic E-state index is -0.107. The first-order chi connectivity index (χ1) is 9.24. The van der Waals surface area contributed by atoms with Crippen molar-refractivity contribution in [1.82, 2.24) is 4.90 Å². The van der Waals surface area contributed by atoms with Crippen LogP contribution in [0.5, 0.6) is 5.75 Å². The quantitative estimate of drug-likeness (QED) is 0.787. The van der Waals surface area contributed by atoms with Gasteiger partial charge in [-0.1, -0.05) is 11.6 Å². The Morgan fingerprint density at radius 1 is 1.32 bits per heavy atom. The third-order valence-corrected chi connectivity index (χ3v) is 3.84. The molecule has 1 aromatic carbocycles. The summed E-state index contributed by atoms with van der Waals surface area (Å²) in [4.78, 5) is 14.3. The van der Waals surface area contributed by atoms with E-state index in [2.05, 4.69) is 0 Å². The second kappa shape index (κ2) is 5.39. The van der Waals surface area contributed by atoms with Gasteiger partial charge in [-0.15, -0.1) is 0 Å². The van der Waals surface area contributed by atoms with E-state index < -0.39 is 0 Å². The van der Waals surface area contributed by atoms with Crippen LogP contribution in [0.2, 0.25) is 5.02 Å². The molecule has 1 atom stereocenters.